The number of fused-ring (bicyclic) bond motifs is 2. The standard InChI is InChI=1S/C21H17F3N4O3/c22-21(23,24)18-9-14(12-4-2-1-3-5-12)26-19-10-15(27-28(18)19)20(29)25-13-6-7-16-17(8-13)31-11-30-16/h1-8,10,14,18,26H,9,11H2,(H,25,29)/t14-,18+/m1/s1. The number of rotatable bonds is 3. The predicted molar refractivity (Wildman–Crippen MR) is 105 cm³/mol. The SMILES string of the molecule is O=C(Nc1ccc2c(c1)OCO2)c1cc2n(n1)[C@H](C(F)(F)F)C[C@H](c1ccccc1)N2. The van der Waals surface area contributed by atoms with Crippen LogP contribution in [0.2, 0.25) is 0 Å². The molecule has 160 valence electrons. The fraction of sp³-hybridized carbons (Fsp3) is 0.238. The van der Waals surface area contributed by atoms with Crippen molar-refractivity contribution in [3.8, 4) is 11.5 Å². The minimum atomic E-state index is -4.51. The number of carbonyl (C=O) groups is 1. The van der Waals surface area contributed by atoms with Crippen LogP contribution in [0.25, 0.3) is 0 Å². The summed E-state index contributed by atoms with van der Waals surface area (Å²) in [6.07, 6.45) is -4.74. The maximum atomic E-state index is 13.8. The molecule has 0 saturated heterocycles. The second-order valence-electron chi connectivity index (χ2n) is 7.28. The van der Waals surface area contributed by atoms with E-state index in [2.05, 4.69) is 15.7 Å². The molecule has 0 bridgehead atoms. The Balaban J connectivity index is 1.42. The third-order valence-corrected chi connectivity index (χ3v) is 5.25. The quantitative estimate of drug-likeness (QED) is 0.639. The van der Waals surface area contributed by atoms with Crippen molar-refractivity contribution in [3.05, 3.63) is 65.9 Å². The molecule has 0 fully saturated rings. The Bertz CT molecular complexity index is 1130. The third-order valence-electron chi connectivity index (χ3n) is 5.25. The maximum Gasteiger partial charge on any atom is 0.410 e. The first-order chi connectivity index (χ1) is 14.9. The van der Waals surface area contributed by atoms with E-state index in [0.717, 1.165) is 10.2 Å². The van der Waals surface area contributed by atoms with Gasteiger partial charge in [0.15, 0.2) is 23.2 Å². The van der Waals surface area contributed by atoms with Crippen molar-refractivity contribution in [3.63, 3.8) is 0 Å². The van der Waals surface area contributed by atoms with Crippen LogP contribution in [0, 0.1) is 0 Å². The molecule has 31 heavy (non-hydrogen) atoms. The molecule has 1 aromatic heterocycles. The lowest BCUT2D eigenvalue weighted by Gasteiger charge is -2.33. The molecule has 2 aromatic carbocycles. The van der Waals surface area contributed by atoms with Crippen LogP contribution in [0.3, 0.4) is 0 Å². The summed E-state index contributed by atoms with van der Waals surface area (Å²) in [7, 11) is 0. The number of benzene rings is 2. The molecule has 0 radical (unpaired) electrons. The number of nitrogens with zero attached hydrogens (tertiary/aromatic N) is 2. The van der Waals surface area contributed by atoms with E-state index in [1.54, 1.807) is 48.5 Å². The first-order valence-electron chi connectivity index (χ1n) is 9.57. The number of amides is 1. The Morgan fingerprint density at radius 3 is 2.65 bits per heavy atom. The summed E-state index contributed by atoms with van der Waals surface area (Å²) in [5.41, 5.74) is 1.03. The van der Waals surface area contributed by atoms with Gasteiger partial charge in [0.25, 0.3) is 5.91 Å². The Hall–Kier alpha value is -3.69. The van der Waals surface area contributed by atoms with Gasteiger partial charge in [0.1, 0.15) is 5.82 Å². The van der Waals surface area contributed by atoms with Gasteiger partial charge in [0, 0.05) is 24.2 Å². The van der Waals surface area contributed by atoms with E-state index in [4.69, 9.17) is 9.47 Å². The molecule has 3 aromatic rings. The van der Waals surface area contributed by atoms with Gasteiger partial charge in [-0.15, -0.1) is 0 Å². The van der Waals surface area contributed by atoms with E-state index in [1.165, 1.54) is 6.07 Å². The van der Waals surface area contributed by atoms with E-state index in [0.29, 0.717) is 17.2 Å². The van der Waals surface area contributed by atoms with Crippen LogP contribution in [0.5, 0.6) is 11.5 Å². The van der Waals surface area contributed by atoms with Crippen molar-refractivity contribution in [1.82, 2.24) is 9.78 Å². The summed E-state index contributed by atoms with van der Waals surface area (Å²) < 4.78 is 52.7. The molecule has 5 rings (SSSR count). The molecule has 2 N–H and O–H groups in total. The maximum absolute atomic E-state index is 13.8. The van der Waals surface area contributed by atoms with E-state index in [-0.39, 0.29) is 24.7 Å². The highest BCUT2D eigenvalue weighted by molar-refractivity contribution is 6.03. The van der Waals surface area contributed by atoms with Gasteiger partial charge in [0.05, 0.1) is 6.04 Å². The molecule has 2 aliphatic heterocycles. The number of halogens is 3. The minimum Gasteiger partial charge on any atom is -0.454 e. The van der Waals surface area contributed by atoms with Crippen molar-refractivity contribution in [2.24, 2.45) is 0 Å². The number of hydrogen-bond acceptors (Lipinski definition) is 5. The predicted octanol–water partition coefficient (Wildman–Crippen LogP) is 4.52. The summed E-state index contributed by atoms with van der Waals surface area (Å²) in [6.45, 7) is 0.0909. The van der Waals surface area contributed by atoms with Gasteiger partial charge in [-0.1, -0.05) is 30.3 Å². The monoisotopic (exact) mass is 430 g/mol. The Morgan fingerprint density at radius 1 is 1.10 bits per heavy atom. The number of carbonyl (C=O) groups excluding carboxylic acids is 1. The summed E-state index contributed by atoms with van der Waals surface area (Å²) >= 11 is 0. The van der Waals surface area contributed by atoms with E-state index in [9.17, 15) is 18.0 Å². The smallest absolute Gasteiger partial charge is 0.410 e. The lowest BCUT2D eigenvalue weighted by atomic mass is 9.97. The van der Waals surface area contributed by atoms with Crippen LogP contribution < -0.4 is 20.1 Å². The largest absolute Gasteiger partial charge is 0.454 e. The molecular weight excluding hydrogens is 413 g/mol. The normalized spacial score (nSPS) is 19.5. The fourth-order valence-electron chi connectivity index (χ4n) is 3.76. The Morgan fingerprint density at radius 2 is 1.87 bits per heavy atom. The van der Waals surface area contributed by atoms with E-state index >= 15 is 0 Å². The number of ether oxygens (including phenoxy) is 2. The molecule has 0 spiro atoms. The molecule has 0 aliphatic carbocycles. The molecule has 10 heteroatoms. The molecule has 7 nitrogen and oxygen atoms in total. The van der Waals surface area contributed by atoms with Gasteiger partial charge in [-0.2, -0.15) is 18.3 Å². The van der Waals surface area contributed by atoms with Crippen molar-refractivity contribution in [1.29, 1.82) is 0 Å². The average molecular weight is 430 g/mol. The molecule has 1 amide bonds. The first-order valence-corrected chi connectivity index (χ1v) is 9.57. The van der Waals surface area contributed by atoms with Crippen molar-refractivity contribution in [2.45, 2.75) is 24.7 Å². The van der Waals surface area contributed by atoms with Crippen LogP contribution in [0.1, 0.15) is 34.6 Å². The van der Waals surface area contributed by atoms with Gasteiger partial charge in [-0.3, -0.25) is 4.79 Å². The van der Waals surface area contributed by atoms with Crippen molar-refractivity contribution in [2.75, 3.05) is 17.4 Å². The molecule has 3 heterocycles. The number of alkyl halides is 3. The van der Waals surface area contributed by atoms with E-state index in [1.807, 2.05) is 0 Å². The number of aromatic nitrogens is 2. The zero-order valence-electron chi connectivity index (χ0n) is 16.0. The van der Waals surface area contributed by atoms with Crippen molar-refractivity contribution < 1.29 is 27.4 Å². The van der Waals surface area contributed by atoms with Gasteiger partial charge in [0.2, 0.25) is 6.79 Å². The molecule has 0 unspecified atom stereocenters. The fourth-order valence-corrected chi connectivity index (χ4v) is 3.76. The molecular formula is C21H17F3N4O3. The summed E-state index contributed by atoms with van der Waals surface area (Å²) in [4.78, 5) is 12.7. The lowest BCUT2D eigenvalue weighted by Crippen LogP contribution is -2.35. The molecule has 2 atom stereocenters. The second-order valence-corrected chi connectivity index (χ2v) is 7.28. The summed E-state index contributed by atoms with van der Waals surface area (Å²) in [6, 6.07) is 12.7. The topological polar surface area (TPSA) is 77.4 Å². The highest BCUT2D eigenvalue weighted by Crippen LogP contribution is 2.43. The second kappa shape index (κ2) is 7.22. The Kier molecular flexibility index (Phi) is 4.49. The number of nitrogens with one attached hydrogen (secondary N) is 2. The third kappa shape index (κ3) is 3.65. The highest BCUT2D eigenvalue weighted by atomic mass is 19.4. The number of anilines is 2. The number of hydrogen-bond donors (Lipinski definition) is 2. The van der Waals surface area contributed by atoms with E-state index < -0.39 is 24.2 Å². The van der Waals surface area contributed by atoms with Crippen LogP contribution in [0.15, 0.2) is 54.6 Å². The highest BCUT2D eigenvalue weighted by Gasteiger charge is 2.46. The lowest BCUT2D eigenvalue weighted by molar-refractivity contribution is -0.173. The minimum absolute atomic E-state index is 0.0909. The molecule has 2 aliphatic rings. The average Bonchev–Trinajstić information content (AvgIpc) is 3.39. The van der Waals surface area contributed by atoms with Gasteiger partial charge in [-0.25, -0.2) is 4.68 Å². The molecule has 0 saturated carbocycles. The van der Waals surface area contributed by atoms with Gasteiger partial charge < -0.3 is 20.1 Å². The van der Waals surface area contributed by atoms with Crippen LogP contribution in [-0.4, -0.2) is 28.7 Å². The van der Waals surface area contributed by atoms with Crippen LogP contribution >= 0.6 is 0 Å². The van der Waals surface area contributed by atoms with Crippen LogP contribution in [0.4, 0.5) is 24.7 Å². The zero-order chi connectivity index (χ0) is 21.6. The first kappa shape index (κ1) is 19.3. The zero-order valence-corrected chi connectivity index (χ0v) is 16.0. The van der Waals surface area contributed by atoms with Crippen LogP contribution in [-0.2, 0) is 0 Å². The van der Waals surface area contributed by atoms with Gasteiger partial charge >= 0.3 is 6.18 Å². The summed E-state index contributed by atoms with van der Waals surface area (Å²) in [5, 5.41) is 9.67. The Labute approximate surface area is 174 Å². The van der Waals surface area contributed by atoms with Gasteiger partial charge in [-0.05, 0) is 17.7 Å². The summed E-state index contributed by atoms with van der Waals surface area (Å²) in [5.74, 6) is 0.545. The van der Waals surface area contributed by atoms with Crippen molar-refractivity contribution >= 4 is 17.4 Å².